The molecule has 352 valence electrons. The van der Waals surface area contributed by atoms with Gasteiger partial charge in [0.1, 0.15) is 24.7 Å². The number of hydrogen-bond acceptors (Lipinski definition) is 7. The largest absolute Gasteiger partial charge is 0.493 e. The fourth-order valence-electron chi connectivity index (χ4n) is 7.04. The van der Waals surface area contributed by atoms with Gasteiger partial charge in [-0.25, -0.2) is 0 Å². The predicted octanol–water partition coefficient (Wildman–Crippen LogP) is 15.2. The summed E-state index contributed by atoms with van der Waals surface area (Å²) in [6.45, 7) is 15.2. The van der Waals surface area contributed by atoms with E-state index >= 15 is 0 Å². The fourth-order valence-corrected chi connectivity index (χ4v) is 7.04. The Balaban J connectivity index is 2.29. The van der Waals surface area contributed by atoms with E-state index in [-0.39, 0.29) is 18.5 Å². The van der Waals surface area contributed by atoms with Crippen LogP contribution in [0.3, 0.4) is 0 Å². The van der Waals surface area contributed by atoms with Crippen LogP contribution in [-0.2, 0) is 25.6 Å². The lowest BCUT2D eigenvalue weighted by molar-refractivity contribution is -0.144. The molecule has 1 rings (SSSR count). The van der Waals surface area contributed by atoms with Crippen LogP contribution >= 0.6 is 0 Å². The minimum Gasteiger partial charge on any atom is -0.493 e. The Kier molecular flexibility index (Phi) is 38.9. The van der Waals surface area contributed by atoms with Gasteiger partial charge in [0, 0.05) is 24.9 Å². The zero-order chi connectivity index (χ0) is 45.0. The van der Waals surface area contributed by atoms with Crippen LogP contribution < -0.4 is 9.47 Å². The quantitative estimate of drug-likeness (QED) is 0.0213. The molecule has 0 saturated heterocycles. The first-order chi connectivity index (χ1) is 30.4. The number of unbranched alkanes of at least 4 members (excludes halogenated alkanes) is 19. The normalized spacial score (nSPS) is 11.5. The van der Waals surface area contributed by atoms with Gasteiger partial charge in [-0.3, -0.25) is 14.5 Å². The lowest BCUT2D eigenvalue weighted by Crippen LogP contribution is -2.22. The second-order valence-electron chi connectivity index (χ2n) is 16.7. The maximum Gasteiger partial charge on any atom is 0.306 e. The average Bonchev–Trinajstić information content (AvgIpc) is 3.27. The van der Waals surface area contributed by atoms with Crippen molar-refractivity contribution in [3.63, 3.8) is 0 Å². The number of carbonyl (C=O) groups is 2. The fraction of sp³-hybridized carbons (Fsp3) is 0.691. The van der Waals surface area contributed by atoms with Crippen molar-refractivity contribution in [2.75, 3.05) is 39.5 Å². The molecule has 0 aliphatic heterocycles. The summed E-state index contributed by atoms with van der Waals surface area (Å²) >= 11 is 0. The Hall–Kier alpha value is -3.54. The van der Waals surface area contributed by atoms with E-state index in [4.69, 9.17) is 18.9 Å². The van der Waals surface area contributed by atoms with Gasteiger partial charge in [0.15, 0.2) is 0 Å². The van der Waals surface area contributed by atoms with Crippen molar-refractivity contribution in [3.8, 4) is 11.5 Å². The number of rotatable bonds is 42. The van der Waals surface area contributed by atoms with Crippen molar-refractivity contribution in [1.29, 1.82) is 0 Å². The SMILES string of the molecule is CCCCC/C=C\C=C=CCCCCCCCC(=O)OCCCCOc1cc(CN(CC)CC)cc(OC/C=C/COC(=O)CCCCCCC/C=C\CCCCCCC)c1C. The van der Waals surface area contributed by atoms with Gasteiger partial charge in [-0.2, -0.15) is 0 Å². The number of ether oxygens (including phenoxy) is 4. The molecular weight excluding hydrogens is 771 g/mol. The molecule has 0 spiro atoms. The summed E-state index contributed by atoms with van der Waals surface area (Å²) in [5.74, 6) is 1.37. The molecule has 0 aliphatic carbocycles. The van der Waals surface area contributed by atoms with Crippen molar-refractivity contribution < 1.29 is 28.5 Å². The van der Waals surface area contributed by atoms with Crippen molar-refractivity contribution in [1.82, 2.24) is 4.90 Å². The van der Waals surface area contributed by atoms with Crippen LogP contribution in [-0.4, -0.2) is 56.4 Å². The van der Waals surface area contributed by atoms with Crippen LogP contribution in [0.2, 0.25) is 0 Å². The molecule has 1 aromatic rings. The van der Waals surface area contributed by atoms with Crippen LogP contribution in [0.5, 0.6) is 11.5 Å². The van der Waals surface area contributed by atoms with Gasteiger partial charge in [0.2, 0.25) is 0 Å². The molecular formula is C55H91NO6. The first kappa shape index (κ1) is 56.5. The monoisotopic (exact) mass is 862 g/mol. The van der Waals surface area contributed by atoms with Gasteiger partial charge in [-0.05, 0) is 139 Å². The molecule has 0 aliphatic rings. The molecule has 7 nitrogen and oxygen atoms in total. The molecule has 0 unspecified atom stereocenters. The van der Waals surface area contributed by atoms with E-state index in [2.05, 4.69) is 80.8 Å². The highest BCUT2D eigenvalue weighted by molar-refractivity contribution is 5.69. The maximum absolute atomic E-state index is 12.3. The Morgan fingerprint density at radius 2 is 1.06 bits per heavy atom. The van der Waals surface area contributed by atoms with E-state index in [0.29, 0.717) is 32.7 Å². The van der Waals surface area contributed by atoms with Gasteiger partial charge in [-0.15, -0.1) is 5.73 Å². The second kappa shape index (κ2) is 42.7. The van der Waals surface area contributed by atoms with Crippen LogP contribution in [0, 0.1) is 6.92 Å². The highest BCUT2D eigenvalue weighted by Gasteiger charge is 2.12. The first-order valence-corrected chi connectivity index (χ1v) is 25.2. The standard InChI is InChI=1S/C55H91NO6/c1-6-10-12-14-16-18-20-22-24-26-28-30-32-34-36-42-55(58)62-46-40-38-44-60-53-48-51(49-56(8-3)9-4)47-52(50(53)5)59-43-37-39-45-61-54(57)41-35-33-31-29-27-25-23-21-19-17-15-13-11-7-2/h16,18,20-21,23-24,37,39,47-48H,6-15,17,19,25-36,38,40-46,49H2,1-5H3/b18-16-,23-21-,39-37+. The number of esters is 2. The number of hydrogen-bond donors (Lipinski definition) is 0. The van der Waals surface area contributed by atoms with Crippen LogP contribution in [0.1, 0.15) is 206 Å². The number of allylic oxidation sites excluding steroid dienone is 5. The maximum atomic E-state index is 12.3. The van der Waals surface area contributed by atoms with Crippen LogP contribution in [0.4, 0.5) is 0 Å². The molecule has 0 amide bonds. The van der Waals surface area contributed by atoms with Crippen molar-refractivity contribution in [2.24, 2.45) is 0 Å². The minimum atomic E-state index is -0.136. The predicted molar refractivity (Wildman–Crippen MR) is 262 cm³/mol. The van der Waals surface area contributed by atoms with Gasteiger partial charge >= 0.3 is 11.9 Å². The number of nitrogens with zero attached hydrogens (tertiary/aromatic N) is 1. The van der Waals surface area contributed by atoms with Gasteiger partial charge in [0.05, 0.1) is 13.2 Å². The summed E-state index contributed by atoms with van der Waals surface area (Å²) in [6.07, 6.45) is 45.6. The van der Waals surface area contributed by atoms with E-state index in [1.807, 2.05) is 25.2 Å². The lowest BCUT2D eigenvalue weighted by atomic mass is 10.1. The Morgan fingerprint density at radius 1 is 0.548 bits per heavy atom. The van der Waals surface area contributed by atoms with Gasteiger partial charge < -0.3 is 18.9 Å². The third-order valence-corrected chi connectivity index (χ3v) is 11.1. The summed E-state index contributed by atoms with van der Waals surface area (Å²) in [7, 11) is 0. The smallest absolute Gasteiger partial charge is 0.306 e. The Morgan fingerprint density at radius 3 is 1.73 bits per heavy atom. The minimum absolute atomic E-state index is 0.103. The van der Waals surface area contributed by atoms with Gasteiger partial charge in [0.25, 0.3) is 0 Å². The van der Waals surface area contributed by atoms with E-state index in [1.54, 1.807) is 0 Å². The van der Waals surface area contributed by atoms with E-state index in [1.165, 1.54) is 89.9 Å². The van der Waals surface area contributed by atoms with Crippen molar-refractivity contribution in [2.45, 2.75) is 208 Å². The molecule has 0 N–H and O–H groups in total. The number of benzene rings is 1. The summed E-state index contributed by atoms with van der Waals surface area (Å²) in [5.41, 5.74) is 5.35. The Bertz CT molecular complexity index is 1390. The summed E-state index contributed by atoms with van der Waals surface area (Å²) in [4.78, 5) is 26.9. The molecule has 0 aromatic heterocycles. The third kappa shape index (κ3) is 34.0. The molecule has 1 aromatic carbocycles. The third-order valence-electron chi connectivity index (χ3n) is 11.1. The molecule has 7 heteroatoms. The molecule has 62 heavy (non-hydrogen) atoms. The van der Waals surface area contributed by atoms with Crippen LogP contribution in [0.25, 0.3) is 0 Å². The molecule has 0 atom stereocenters. The zero-order valence-corrected chi connectivity index (χ0v) is 40.5. The highest BCUT2D eigenvalue weighted by Crippen LogP contribution is 2.31. The van der Waals surface area contributed by atoms with Crippen LogP contribution in [0.15, 0.2) is 66.5 Å². The Labute approximate surface area is 380 Å². The molecule has 0 heterocycles. The van der Waals surface area contributed by atoms with Crippen molar-refractivity contribution in [3.05, 3.63) is 77.6 Å². The average molecular weight is 862 g/mol. The first-order valence-electron chi connectivity index (χ1n) is 25.2. The van der Waals surface area contributed by atoms with E-state index in [9.17, 15) is 9.59 Å². The van der Waals surface area contributed by atoms with E-state index in [0.717, 1.165) is 106 Å². The van der Waals surface area contributed by atoms with Gasteiger partial charge in [-0.1, -0.05) is 129 Å². The summed E-state index contributed by atoms with van der Waals surface area (Å²) in [5, 5.41) is 0. The highest BCUT2D eigenvalue weighted by atomic mass is 16.5. The van der Waals surface area contributed by atoms with Crippen molar-refractivity contribution >= 4 is 11.9 Å². The second-order valence-corrected chi connectivity index (χ2v) is 16.7. The topological polar surface area (TPSA) is 74.3 Å². The summed E-state index contributed by atoms with van der Waals surface area (Å²) < 4.78 is 23.4. The lowest BCUT2D eigenvalue weighted by Gasteiger charge is -2.21. The zero-order valence-electron chi connectivity index (χ0n) is 40.5. The molecule has 0 fully saturated rings. The number of carbonyl (C=O) groups excluding carboxylic acids is 2. The van der Waals surface area contributed by atoms with E-state index < -0.39 is 0 Å². The summed E-state index contributed by atoms with van der Waals surface area (Å²) in [6, 6.07) is 4.22. The molecule has 0 saturated carbocycles. The molecule has 0 radical (unpaired) electrons. The molecule has 0 bridgehead atoms.